The maximum atomic E-state index is 11.5. The van der Waals surface area contributed by atoms with Gasteiger partial charge in [0.2, 0.25) is 0 Å². The molecule has 0 bridgehead atoms. The summed E-state index contributed by atoms with van der Waals surface area (Å²) in [4.78, 5) is 15.7. The molecule has 2 rings (SSSR count). The molecule has 0 unspecified atom stereocenters. The normalized spacial score (nSPS) is 11.6. The van der Waals surface area contributed by atoms with Gasteiger partial charge < -0.3 is 20.7 Å². The predicted molar refractivity (Wildman–Crippen MR) is 115 cm³/mol. The van der Waals surface area contributed by atoms with Gasteiger partial charge >= 0.3 is 6.09 Å². The Kier molecular flexibility index (Phi) is 9.26. The summed E-state index contributed by atoms with van der Waals surface area (Å²) in [6.45, 7) is 7.19. The quantitative estimate of drug-likeness (QED) is 0.248. The van der Waals surface area contributed by atoms with Crippen molar-refractivity contribution in [2.24, 2.45) is 4.99 Å². The van der Waals surface area contributed by atoms with Gasteiger partial charge in [0.1, 0.15) is 5.60 Å². The number of alkyl carbamates (subject to hydrolysis) is 1. The van der Waals surface area contributed by atoms with Crippen molar-refractivity contribution in [1.29, 1.82) is 0 Å². The molecule has 0 aliphatic heterocycles. The largest absolute Gasteiger partial charge is 0.444 e. The zero-order valence-electron chi connectivity index (χ0n) is 16.2. The average molecular weight is 489 g/mol. The zero-order chi connectivity index (χ0) is 19.0. The highest BCUT2D eigenvalue weighted by molar-refractivity contribution is 14.0. The third-order valence-corrected chi connectivity index (χ3v) is 3.34. The van der Waals surface area contributed by atoms with E-state index in [-0.39, 0.29) is 24.0 Å². The standard InChI is InChI=1S/C17H27N7O2.HI/c1-17(2,3)26-16(25)20-10-7-9-19-15(18-4)21-12-14-23-22-13-8-5-6-11-24(13)14;/h5-6,8,11H,7,9-10,12H2,1-4H3,(H,20,25)(H2,18,19,21);1H. The Hall–Kier alpha value is -2.11. The number of aliphatic imine (C=N–C) groups is 1. The number of carbonyl (C=O) groups is 1. The molecule has 0 spiro atoms. The fourth-order valence-electron chi connectivity index (χ4n) is 2.19. The van der Waals surface area contributed by atoms with Crippen LogP contribution in [0, 0.1) is 0 Å². The van der Waals surface area contributed by atoms with E-state index in [1.165, 1.54) is 0 Å². The lowest BCUT2D eigenvalue weighted by Gasteiger charge is -2.19. The monoisotopic (exact) mass is 489 g/mol. The van der Waals surface area contributed by atoms with Crippen molar-refractivity contribution in [1.82, 2.24) is 30.5 Å². The molecule has 0 atom stereocenters. The number of pyridine rings is 1. The summed E-state index contributed by atoms with van der Waals surface area (Å²) in [6, 6.07) is 5.76. The number of hydrogen-bond acceptors (Lipinski definition) is 5. The van der Waals surface area contributed by atoms with Crippen molar-refractivity contribution >= 4 is 41.7 Å². The number of guanidine groups is 1. The van der Waals surface area contributed by atoms with Gasteiger partial charge in [0.15, 0.2) is 17.4 Å². The molecule has 3 N–H and O–H groups in total. The molecule has 150 valence electrons. The molecular formula is C17H28IN7O2. The van der Waals surface area contributed by atoms with Gasteiger partial charge in [0.25, 0.3) is 0 Å². The van der Waals surface area contributed by atoms with Crippen molar-refractivity contribution in [3.05, 3.63) is 30.2 Å². The fourth-order valence-corrected chi connectivity index (χ4v) is 2.19. The van der Waals surface area contributed by atoms with Crippen LogP contribution in [-0.4, -0.2) is 52.4 Å². The van der Waals surface area contributed by atoms with Crippen molar-refractivity contribution in [3.63, 3.8) is 0 Å². The van der Waals surface area contributed by atoms with Crippen LogP contribution in [0.3, 0.4) is 0 Å². The van der Waals surface area contributed by atoms with E-state index in [0.29, 0.717) is 25.6 Å². The summed E-state index contributed by atoms with van der Waals surface area (Å²) in [7, 11) is 1.70. The molecule has 1 amide bonds. The van der Waals surface area contributed by atoms with Crippen molar-refractivity contribution < 1.29 is 9.53 Å². The lowest BCUT2D eigenvalue weighted by Crippen LogP contribution is -2.39. The predicted octanol–water partition coefficient (Wildman–Crippen LogP) is 1.93. The van der Waals surface area contributed by atoms with Crippen LogP contribution >= 0.6 is 24.0 Å². The Bertz CT molecular complexity index is 755. The Morgan fingerprint density at radius 2 is 1.93 bits per heavy atom. The van der Waals surface area contributed by atoms with Crippen molar-refractivity contribution in [2.75, 3.05) is 20.1 Å². The van der Waals surface area contributed by atoms with E-state index < -0.39 is 11.7 Å². The van der Waals surface area contributed by atoms with Gasteiger partial charge in [-0.05, 0) is 39.3 Å². The van der Waals surface area contributed by atoms with Crippen LogP contribution in [0.5, 0.6) is 0 Å². The maximum Gasteiger partial charge on any atom is 0.407 e. The molecule has 10 heteroatoms. The number of hydrogen-bond donors (Lipinski definition) is 3. The molecule has 0 aliphatic carbocycles. The Morgan fingerprint density at radius 1 is 1.19 bits per heavy atom. The summed E-state index contributed by atoms with van der Waals surface area (Å²) in [5, 5.41) is 17.4. The molecule has 0 aromatic carbocycles. The van der Waals surface area contributed by atoms with Crippen LogP contribution in [0.1, 0.15) is 33.0 Å². The maximum absolute atomic E-state index is 11.5. The minimum atomic E-state index is -0.486. The zero-order valence-corrected chi connectivity index (χ0v) is 18.5. The second-order valence-corrected chi connectivity index (χ2v) is 6.68. The van der Waals surface area contributed by atoms with E-state index in [1.807, 2.05) is 49.6 Å². The van der Waals surface area contributed by atoms with Gasteiger partial charge in [-0.25, -0.2) is 4.79 Å². The third-order valence-electron chi connectivity index (χ3n) is 3.34. The Morgan fingerprint density at radius 3 is 2.63 bits per heavy atom. The second-order valence-electron chi connectivity index (χ2n) is 6.68. The Balaban J connectivity index is 0.00000364. The first-order valence-corrected chi connectivity index (χ1v) is 8.59. The summed E-state index contributed by atoms with van der Waals surface area (Å²) in [5.74, 6) is 1.46. The number of ether oxygens (including phenoxy) is 1. The van der Waals surface area contributed by atoms with E-state index in [0.717, 1.165) is 17.9 Å². The van der Waals surface area contributed by atoms with Crippen LogP contribution in [0.2, 0.25) is 0 Å². The molecule has 0 radical (unpaired) electrons. The molecule has 9 nitrogen and oxygen atoms in total. The number of nitrogens with one attached hydrogen (secondary N) is 3. The van der Waals surface area contributed by atoms with E-state index in [9.17, 15) is 4.79 Å². The molecule has 2 heterocycles. The average Bonchev–Trinajstić information content (AvgIpc) is 2.99. The first-order valence-electron chi connectivity index (χ1n) is 8.59. The minimum absolute atomic E-state index is 0. The summed E-state index contributed by atoms with van der Waals surface area (Å²) < 4.78 is 7.10. The first-order chi connectivity index (χ1) is 12.4. The Labute approximate surface area is 176 Å². The topological polar surface area (TPSA) is 105 Å². The summed E-state index contributed by atoms with van der Waals surface area (Å²) >= 11 is 0. The molecule has 0 aliphatic rings. The number of aromatic nitrogens is 3. The summed E-state index contributed by atoms with van der Waals surface area (Å²) in [6.07, 6.45) is 2.26. The second kappa shape index (κ2) is 10.9. The lowest BCUT2D eigenvalue weighted by molar-refractivity contribution is 0.0527. The van der Waals surface area contributed by atoms with Gasteiger partial charge in [0.05, 0.1) is 6.54 Å². The van der Waals surface area contributed by atoms with Crippen LogP contribution in [-0.2, 0) is 11.3 Å². The first kappa shape index (κ1) is 22.9. The van der Waals surface area contributed by atoms with Gasteiger partial charge in [-0.15, -0.1) is 34.2 Å². The number of amides is 1. The highest BCUT2D eigenvalue weighted by atomic mass is 127. The van der Waals surface area contributed by atoms with Gasteiger partial charge in [0, 0.05) is 26.3 Å². The molecule has 0 saturated heterocycles. The highest BCUT2D eigenvalue weighted by Crippen LogP contribution is 2.06. The van der Waals surface area contributed by atoms with Crippen LogP contribution in [0.4, 0.5) is 4.79 Å². The van der Waals surface area contributed by atoms with E-state index in [2.05, 4.69) is 31.1 Å². The summed E-state index contributed by atoms with van der Waals surface area (Å²) in [5.41, 5.74) is 0.320. The van der Waals surface area contributed by atoms with Gasteiger partial charge in [-0.1, -0.05) is 6.07 Å². The lowest BCUT2D eigenvalue weighted by atomic mass is 10.2. The number of carbonyl (C=O) groups excluding carboxylic acids is 1. The third kappa shape index (κ3) is 7.97. The molecule has 0 saturated carbocycles. The van der Waals surface area contributed by atoms with Crippen LogP contribution in [0.25, 0.3) is 5.65 Å². The minimum Gasteiger partial charge on any atom is -0.444 e. The molecule has 2 aromatic heterocycles. The van der Waals surface area contributed by atoms with Crippen molar-refractivity contribution in [3.8, 4) is 0 Å². The number of halogens is 1. The number of fused-ring (bicyclic) bond motifs is 1. The van der Waals surface area contributed by atoms with E-state index in [4.69, 9.17) is 4.74 Å². The van der Waals surface area contributed by atoms with Gasteiger partial charge in [-0.2, -0.15) is 0 Å². The van der Waals surface area contributed by atoms with Gasteiger partial charge in [-0.3, -0.25) is 9.39 Å². The molecule has 2 aromatic rings. The fraction of sp³-hybridized carbons (Fsp3) is 0.529. The van der Waals surface area contributed by atoms with E-state index >= 15 is 0 Å². The smallest absolute Gasteiger partial charge is 0.407 e. The number of rotatable bonds is 6. The molecule has 27 heavy (non-hydrogen) atoms. The van der Waals surface area contributed by atoms with Crippen molar-refractivity contribution in [2.45, 2.75) is 39.3 Å². The number of nitrogens with zero attached hydrogens (tertiary/aromatic N) is 4. The van der Waals surface area contributed by atoms with Crippen LogP contribution in [0.15, 0.2) is 29.4 Å². The SMILES string of the molecule is CN=C(NCCCNC(=O)OC(C)(C)C)NCc1nnc2ccccn12.I. The molecule has 0 fully saturated rings. The molecular weight excluding hydrogens is 461 g/mol. The highest BCUT2D eigenvalue weighted by Gasteiger charge is 2.15. The van der Waals surface area contributed by atoms with Crippen LogP contribution < -0.4 is 16.0 Å². The van der Waals surface area contributed by atoms with E-state index in [1.54, 1.807) is 7.05 Å².